The first-order valence-electron chi connectivity index (χ1n) is 11.4. The van der Waals surface area contributed by atoms with E-state index in [1.807, 2.05) is 6.07 Å². The van der Waals surface area contributed by atoms with Gasteiger partial charge in [0.1, 0.15) is 10.7 Å². The third-order valence-corrected chi connectivity index (χ3v) is 7.18. The molecule has 10 nitrogen and oxygen atoms in total. The summed E-state index contributed by atoms with van der Waals surface area (Å²) < 4.78 is 6.97. The van der Waals surface area contributed by atoms with Crippen LogP contribution in [0.3, 0.4) is 0 Å². The van der Waals surface area contributed by atoms with E-state index in [4.69, 9.17) is 4.74 Å². The molecule has 1 amide bonds. The number of nitrogens with one attached hydrogen (secondary N) is 2. The lowest BCUT2D eigenvalue weighted by atomic mass is 10.0. The molecule has 2 aliphatic rings. The lowest BCUT2D eigenvalue weighted by Crippen LogP contribution is -2.43. The van der Waals surface area contributed by atoms with Gasteiger partial charge in [-0.1, -0.05) is 11.8 Å². The molecule has 1 saturated heterocycles. The number of likely N-dealkylation sites (tertiary alicyclic amines) is 1. The number of pyridine rings is 2. The fraction of sp³-hybridized carbons (Fsp3) is 0.435. The Morgan fingerprint density at radius 3 is 2.79 bits per heavy atom. The maximum Gasteiger partial charge on any atom is 0.252 e. The summed E-state index contributed by atoms with van der Waals surface area (Å²) in [4.78, 5) is 39.9. The van der Waals surface area contributed by atoms with Crippen LogP contribution in [0, 0.1) is 0 Å². The summed E-state index contributed by atoms with van der Waals surface area (Å²) in [6.45, 7) is 3.90. The molecule has 0 atom stereocenters. The van der Waals surface area contributed by atoms with Gasteiger partial charge in [0, 0.05) is 43.2 Å². The number of fused-ring (bicyclic) bond motifs is 2. The SMILES string of the molecule is COc1ccc2ccc(=O)n(CCN3CCC(NCc4cnc5c(n4)NC(=O)CS5)CC3)c2n1. The molecule has 11 heteroatoms. The van der Waals surface area contributed by atoms with E-state index < -0.39 is 0 Å². The molecule has 2 aliphatic heterocycles. The first-order valence-corrected chi connectivity index (χ1v) is 12.4. The minimum absolute atomic E-state index is 0.0371. The number of nitrogens with zero attached hydrogens (tertiary/aromatic N) is 5. The Bertz CT molecular complexity index is 1260. The lowest BCUT2D eigenvalue weighted by Gasteiger charge is -2.32. The van der Waals surface area contributed by atoms with Crippen molar-refractivity contribution in [1.29, 1.82) is 0 Å². The average Bonchev–Trinajstić information content (AvgIpc) is 2.87. The minimum Gasteiger partial charge on any atom is -0.481 e. The maximum absolute atomic E-state index is 12.5. The number of anilines is 1. The van der Waals surface area contributed by atoms with Crippen LogP contribution >= 0.6 is 11.8 Å². The van der Waals surface area contributed by atoms with Crippen LogP contribution in [0.5, 0.6) is 5.88 Å². The third-order valence-electron chi connectivity index (χ3n) is 6.20. The molecule has 3 aromatic heterocycles. The Hall–Kier alpha value is -3.02. The van der Waals surface area contributed by atoms with E-state index in [2.05, 4.69) is 30.5 Å². The number of aromatic nitrogens is 4. The van der Waals surface area contributed by atoms with E-state index in [0.717, 1.165) is 48.6 Å². The minimum atomic E-state index is -0.0504. The molecule has 1 fully saturated rings. The largest absolute Gasteiger partial charge is 0.481 e. The molecule has 0 aromatic carbocycles. The van der Waals surface area contributed by atoms with Crippen molar-refractivity contribution in [2.75, 3.05) is 37.8 Å². The van der Waals surface area contributed by atoms with E-state index in [0.29, 0.717) is 42.2 Å². The fourth-order valence-corrected chi connectivity index (χ4v) is 5.01. The van der Waals surface area contributed by atoms with Crippen molar-refractivity contribution in [2.45, 2.75) is 37.0 Å². The Morgan fingerprint density at radius 1 is 1.15 bits per heavy atom. The van der Waals surface area contributed by atoms with Crippen molar-refractivity contribution in [1.82, 2.24) is 29.7 Å². The number of carbonyl (C=O) groups is 1. The number of ether oxygens (including phenoxy) is 1. The quantitative estimate of drug-likeness (QED) is 0.518. The van der Waals surface area contributed by atoms with Gasteiger partial charge in [-0.2, -0.15) is 4.98 Å². The highest BCUT2D eigenvalue weighted by Gasteiger charge is 2.21. The summed E-state index contributed by atoms with van der Waals surface area (Å²) in [5, 5.41) is 8.05. The Labute approximate surface area is 201 Å². The van der Waals surface area contributed by atoms with E-state index in [9.17, 15) is 9.59 Å². The van der Waals surface area contributed by atoms with Gasteiger partial charge in [-0.15, -0.1) is 0 Å². The first kappa shape index (κ1) is 22.8. The number of carbonyl (C=O) groups excluding carboxylic acids is 1. The molecule has 0 radical (unpaired) electrons. The number of hydrogen-bond donors (Lipinski definition) is 2. The van der Waals surface area contributed by atoms with E-state index in [-0.39, 0.29) is 11.5 Å². The van der Waals surface area contributed by atoms with Crippen molar-refractivity contribution < 1.29 is 9.53 Å². The normalized spacial score (nSPS) is 16.9. The zero-order valence-corrected chi connectivity index (χ0v) is 19.8. The predicted octanol–water partition coefficient (Wildman–Crippen LogP) is 1.49. The molecule has 178 valence electrons. The van der Waals surface area contributed by atoms with Crippen LogP contribution in [0.4, 0.5) is 5.82 Å². The number of thioether (sulfide) groups is 1. The highest BCUT2D eigenvalue weighted by Crippen LogP contribution is 2.27. The lowest BCUT2D eigenvalue weighted by molar-refractivity contribution is -0.113. The molecular weight excluding hydrogens is 454 g/mol. The second-order valence-corrected chi connectivity index (χ2v) is 9.40. The van der Waals surface area contributed by atoms with Gasteiger partial charge in [-0.3, -0.25) is 14.2 Å². The van der Waals surface area contributed by atoms with E-state index in [1.54, 1.807) is 36.1 Å². The van der Waals surface area contributed by atoms with Crippen molar-refractivity contribution in [2.24, 2.45) is 0 Å². The molecule has 0 bridgehead atoms. The zero-order chi connectivity index (χ0) is 23.5. The molecular formula is C23H27N7O3S. The van der Waals surface area contributed by atoms with Gasteiger partial charge < -0.3 is 20.3 Å². The van der Waals surface area contributed by atoms with Gasteiger partial charge in [-0.05, 0) is 38.1 Å². The van der Waals surface area contributed by atoms with Crippen LogP contribution in [-0.2, 0) is 17.9 Å². The average molecular weight is 482 g/mol. The standard InChI is InChI=1S/C23H27N7O3S/c1-33-19-4-2-15-3-5-20(32)30(22(15)28-19)11-10-29-8-6-16(7-9-29)24-12-17-13-25-23-21(26-17)27-18(31)14-34-23/h2-5,13,16,24H,6-12,14H2,1H3,(H,26,27,31). The van der Waals surface area contributed by atoms with Crippen molar-refractivity contribution in [3.8, 4) is 5.88 Å². The summed E-state index contributed by atoms with van der Waals surface area (Å²) in [6.07, 6.45) is 3.80. The molecule has 3 aromatic rings. The van der Waals surface area contributed by atoms with Gasteiger partial charge in [0.05, 0.1) is 24.8 Å². The van der Waals surface area contributed by atoms with Crippen LogP contribution < -0.4 is 20.9 Å². The van der Waals surface area contributed by atoms with Crippen LogP contribution in [0.2, 0.25) is 0 Å². The Morgan fingerprint density at radius 2 is 1.97 bits per heavy atom. The van der Waals surface area contributed by atoms with Gasteiger partial charge in [0.25, 0.3) is 5.56 Å². The van der Waals surface area contributed by atoms with Crippen LogP contribution in [0.15, 0.2) is 40.3 Å². The fourth-order valence-electron chi connectivity index (χ4n) is 4.31. The van der Waals surface area contributed by atoms with Crippen molar-refractivity contribution >= 4 is 34.5 Å². The van der Waals surface area contributed by atoms with Gasteiger partial charge in [0.2, 0.25) is 11.8 Å². The highest BCUT2D eigenvalue weighted by molar-refractivity contribution is 8.00. The summed E-state index contributed by atoms with van der Waals surface area (Å²) in [7, 11) is 1.58. The molecule has 0 saturated carbocycles. The Balaban J connectivity index is 1.13. The van der Waals surface area contributed by atoms with Crippen molar-refractivity contribution in [3.63, 3.8) is 0 Å². The molecule has 0 unspecified atom stereocenters. The summed E-state index contributed by atoms with van der Waals surface area (Å²) in [6, 6.07) is 7.52. The van der Waals surface area contributed by atoms with Gasteiger partial charge in [-0.25, -0.2) is 9.97 Å². The third kappa shape index (κ3) is 5.06. The molecule has 0 spiro atoms. The highest BCUT2D eigenvalue weighted by atomic mass is 32.2. The van der Waals surface area contributed by atoms with Gasteiger partial charge >= 0.3 is 0 Å². The van der Waals surface area contributed by atoms with Crippen LogP contribution in [0.25, 0.3) is 11.0 Å². The monoisotopic (exact) mass is 481 g/mol. The number of hydrogen-bond acceptors (Lipinski definition) is 9. The van der Waals surface area contributed by atoms with Crippen LogP contribution in [0.1, 0.15) is 18.5 Å². The Kier molecular flexibility index (Phi) is 6.75. The second-order valence-electron chi connectivity index (χ2n) is 8.44. The van der Waals surface area contributed by atoms with E-state index in [1.165, 1.54) is 11.8 Å². The van der Waals surface area contributed by atoms with Crippen LogP contribution in [-0.4, -0.2) is 68.9 Å². The summed E-state index contributed by atoms with van der Waals surface area (Å²) in [5.41, 5.74) is 1.43. The van der Waals surface area contributed by atoms with Gasteiger partial charge in [0.15, 0.2) is 5.82 Å². The molecule has 0 aliphatic carbocycles. The number of piperidine rings is 1. The summed E-state index contributed by atoms with van der Waals surface area (Å²) >= 11 is 1.41. The molecule has 2 N–H and O–H groups in total. The molecule has 5 rings (SSSR count). The van der Waals surface area contributed by atoms with E-state index >= 15 is 0 Å². The summed E-state index contributed by atoms with van der Waals surface area (Å²) in [5.74, 6) is 1.41. The number of methoxy groups -OCH3 is 1. The zero-order valence-electron chi connectivity index (χ0n) is 19.0. The molecule has 5 heterocycles. The number of rotatable bonds is 7. The predicted molar refractivity (Wildman–Crippen MR) is 130 cm³/mol. The first-order chi connectivity index (χ1) is 16.6. The van der Waals surface area contributed by atoms with Crippen molar-refractivity contribution in [3.05, 3.63) is 46.5 Å². The smallest absolute Gasteiger partial charge is 0.252 e. The molecule has 34 heavy (non-hydrogen) atoms. The topological polar surface area (TPSA) is 114 Å². The maximum atomic E-state index is 12.5. The number of amides is 1. The second kappa shape index (κ2) is 10.1.